The first-order valence-electron chi connectivity index (χ1n) is 29.2. The summed E-state index contributed by atoms with van der Waals surface area (Å²) < 4.78 is 12.2. The highest BCUT2D eigenvalue weighted by Gasteiger charge is 2.45. The van der Waals surface area contributed by atoms with Crippen molar-refractivity contribution in [2.45, 2.75) is 103 Å². The van der Waals surface area contributed by atoms with Gasteiger partial charge in [-0.05, 0) is 163 Å². The topological polar surface area (TPSA) is 35.5 Å². The largest absolute Gasteiger partial charge is 0.496 e. The molecule has 0 bridgehead atoms. The summed E-state index contributed by atoms with van der Waals surface area (Å²) in [6.45, 7) is 18.9. The SMILES string of the molecule is COc1ccccc1-c1cc(C(C)C)c(-c2cccc(-c3c(C(C)C)cc(-c4ccccc4OC)cc3C(C)C)c2P2C(c3c4ccccc4cc4ccccc34)CC(=O)CC2c2c3ccccc3cc3ccccc23)c(C(C)C)c1. The molecule has 0 radical (unpaired) electrons. The fourth-order valence-electron chi connectivity index (χ4n) is 13.7. The minimum atomic E-state index is -1.36. The zero-order chi connectivity index (χ0) is 56.2. The lowest BCUT2D eigenvalue weighted by atomic mass is 9.79. The third-order valence-corrected chi connectivity index (χ3v) is 20.6. The summed E-state index contributed by atoms with van der Waals surface area (Å²) in [7, 11) is 2.19. The van der Waals surface area contributed by atoms with Crippen LogP contribution in [0.15, 0.2) is 200 Å². The molecular formula is C77H73O3P. The van der Waals surface area contributed by atoms with E-state index in [1.165, 1.54) is 104 Å². The molecule has 1 aliphatic rings. The van der Waals surface area contributed by atoms with Gasteiger partial charge in [0.05, 0.1) is 14.2 Å². The number of benzene rings is 11. The Hall–Kier alpha value is -7.84. The van der Waals surface area contributed by atoms with Crippen LogP contribution in [-0.4, -0.2) is 20.0 Å². The molecule has 0 spiro atoms. The number of hydrogen-bond donors (Lipinski definition) is 0. The second kappa shape index (κ2) is 22.2. The van der Waals surface area contributed by atoms with Crippen molar-refractivity contribution in [3.63, 3.8) is 0 Å². The highest BCUT2D eigenvalue weighted by atomic mass is 31.1. The number of carbonyl (C=O) groups is 1. The number of para-hydroxylation sites is 2. The second-order valence-electron chi connectivity index (χ2n) is 23.6. The van der Waals surface area contributed by atoms with E-state index in [-0.39, 0.29) is 35.0 Å². The number of rotatable bonds is 13. The minimum Gasteiger partial charge on any atom is -0.496 e. The van der Waals surface area contributed by atoms with Crippen LogP contribution in [0.1, 0.15) is 137 Å². The van der Waals surface area contributed by atoms with Crippen LogP contribution in [0.3, 0.4) is 0 Å². The zero-order valence-electron chi connectivity index (χ0n) is 48.6. The van der Waals surface area contributed by atoms with E-state index in [1.54, 1.807) is 14.2 Å². The highest BCUT2D eigenvalue weighted by molar-refractivity contribution is 7.67. The van der Waals surface area contributed by atoms with Gasteiger partial charge in [0.2, 0.25) is 0 Å². The van der Waals surface area contributed by atoms with Crippen LogP contribution in [0.25, 0.3) is 87.6 Å². The van der Waals surface area contributed by atoms with E-state index in [0.29, 0.717) is 18.6 Å². The van der Waals surface area contributed by atoms with Gasteiger partial charge < -0.3 is 9.47 Å². The van der Waals surface area contributed by atoms with Crippen LogP contribution < -0.4 is 14.8 Å². The molecule has 1 saturated heterocycles. The van der Waals surface area contributed by atoms with Crippen LogP contribution in [0, 0.1) is 0 Å². The number of carbonyl (C=O) groups excluding carboxylic acids is 1. The van der Waals surface area contributed by atoms with E-state index >= 15 is 4.79 Å². The quantitative estimate of drug-likeness (QED) is 0.0853. The van der Waals surface area contributed by atoms with Gasteiger partial charge in [0.1, 0.15) is 17.3 Å². The Morgan fingerprint density at radius 2 is 0.667 bits per heavy atom. The number of fused-ring (bicyclic) bond motifs is 4. The van der Waals surface area contributed by atoms with E-state index in [4.69, 9.17) is 9.47 Å². The summed E-state index contributed by atoms with van der Waals surface area (Å²) in [5.74, 6) is 2.70. The van der Waals surface area contributed by atoms with Crippen molar-refractivity contribution < 1.29 is 14.3 Å². The van der Waals surface area contributed by atoms with Gasteiger partial charge in [0, 0.05) is 35.3 Å². The summed E-state index contributed by atoms with van der Waals surface area (Å²) >= 11 is 0. The smallest absolute Gasteiger partial charge is 0.134 e. The molecule has 2 atom stereocenters. The Morgan fingerprint density at radius 1 is 0.370 bits per heavy atom. The van der Waals surface area contributed by atoms with Crippen molar-refractivity contribution >= 4 is 62.1 Å². The van der Waals surface area contributed by atoms with Crippen molar-refractivity contribution in [2.24, 2.45) is 0 Å². The van der Waals surface area contributed by atoms with Gasteiger partial charge in [-0.1, -0.05) is 239 Å². The molecule has 4 heteroatoms. The maximum Gasteiger partial charge on any atom is 0.134 e. The molecule has 0 amide bonds. The second-order valence-corrected chi connectivity index (χ2v) is 26.1. The Kier molecular flexibility index (Phi) is 14.8. The predicted octanol–water partition coefficient (Wildman–Crippen LogP) is 21.4. The lowest BCUT2D eigenvalue weighted by Crippen LogP contribution is -2.27. The van der Waals surface area contributed by atoms with E-state index in [2.05, 4.69) is 256 Å². The first kappa shape index (κ1) is 53.8. The predicted molar refractivity (Wildman–Crippen MR) is 347 cm³/mol. The van der Waals surface area contributed by atoms with Gasteiger partial charge >= 0.3 is 0 Å². The fraction of sp³-hybridized carbons (Fsp3) is 0.234. The summed E-state index contributed by atoms with van der Waals surface area (Å²) in [4.78, 5) is 15.7. The first-order chi connectivity index (χ1) is 39.3. The van der Waals surface area contributed by atoms with Crippen molar-refractivity contribution in [1.29, 1.82) is 0 Å². The van der Waals surface area contributed by atoms with Crippen molar-refractivity contribution in [3.8, 4) is 56.0 Å². The molecule has 0 N–H and O–H groups in total. The van der Waals surface area contributed by atoms with Crippen LogP contribution in [0.2, 0.25) is 0 Å². The molecule has 12 rings (SSSR count). The maximum absolute atomic E-state index is 15.7. The van der Waals surface area contributed by atoms with E-state index in [1.807, 2.05) is 0 Å². The summed E-state index contributed by atoms with van der Waals surface area (Å²) in [6, 6.07) is 74.6. The Labute approximate surface area is 480 Å². The highest BCUT2D eigenvalue weighted by Crippen LogP contribution is 2.71. The third kappa shape index (κ3) is 9.62. The van der Waals surface area contributed by atoms with Gasteiger partial charge in [-0.15, -0.1) is 0 Å². The van der Waals surface area contributed by atoms with E-state index in [0.717, 1.165) is 33.8 Å². The number of Topliss-reactive ketones (excluding diaryl/α,β-unsaturated/α-hetero) is 1. The van der Waals surface area contributed by atoms with Gasteiger partial charge in [0.25, 0.3) is 0 Å². The first-order valence-corrected chi connectivity index (χ1v) is 30.7. The molecule has 1 fully saturated rings. The molecule has 11 aromatic carbocycles. The van der Waals surface area contributed by atoms with E-state index in [9.17, 15) is 0 Å². The number of hydrogen-bond acceptors (Lipinski definition) is 3. The average Bonchev–Trinajstić information content (AvgIpc) is 3.29. The van der Waals surface area contributed by atoms with Crippen LogP contribution in [0.4, 0.5) is 0 Å². The molecule has 2 unspecified atom stereocenters. The molecule has 0 aliphatic carbocycles. The summed E-state index contributed by atoms with van der Waals surface area (Å²) in [6.07, 6.45) is 0.886. The Morgan fingerprint density at radius 3 is 0.988 bits per heavy atom. The maximum atomic E-state index is 15.7. The Bertz CT molecular complexity index is 3790. The molecule has 0 saturated carbocycles. The van der Waals surface area contributed by atoms with Crippen molar-refractivity contribution in [3.05, 3.63) is 234 Å². The summed E-state index contributed by atoms with van der Waals surface area (Å²) in [5.41, 5.74) is 17.1. The normalized spacial score (nSPS) is 15.8. The number of ketones is 1. The van der Waals surface area contributed by atoms with Gasteiger partial charge in [-0.3, -0.25) is 4.79 Å². The summed E-state index contributed by atoms with van der Waals surface area (Å²) in [5, 5.41) is 11.1. The van der Waals surface area contributed by atoms with Gasteiger partial charge in [0.15, 0.2) is 0 Å². The monoisotopic (exact) mass is 1080 g/mol. The van der Waals surface area contributed by atoms with Crippen LogP contribution in [0.5, 0.6) is 11.5 Å². The molecule has 404 valence electrons. The average molecular weight is 1080 g/mol. The molecule has 0 aromatic heterocycles. The van der Waals surface area contributed by atoms with Crippen molar-refractivity contribution in [1.82, 2.24) is 0 Å². The van der Waals surface area contributed by atoms with Crippen LogP contribution >= 0.6 is 7.92 Å². The Balaban J connectivity index is 1.30. The number of ether oxygens (including phenoxy) is 2. The molecule has 1 heterocycles. The molecule has 81 heavy (non-hydrogen) atoms. The molecule has 11 aromatic rings. The number of methoxy groups -OCH3 is 2. The van der Waals surface area contributed by atoms with Crippen LogP contribution in [-0.2, 0) is 4.79 Å². The molecule has 3 nitrogen and oxygen atoms in total. The van der Waals surface area contributed by atoms with E-state index < -0.39 is 7.92 Å². The standard InChI is InChI=1S/C77H73O3P/c1-46(2)65-40-54(57-28-19-21-36-69(57)79-9)41-66(47(3)4)73(65)63-34-23-35-64(74-67(48(5)6)42-55(43-68(74)49(7)8)58-29-20-22-37-70(58)80-10)77(63)81-71(75-59-30-15-11-24-50(59)38-51-25-12-16-31-60(51)75)44-56(78)45-72(81)76-61-32-17-13-26-52(61)39-53-27-14-18-33-62(53)76/h11-43,46-49,71-72H,44-45H2,1-10H3. The minimum absolute atomic E-state index is 0.157. The van der Waals surface area contributed by atoms with Crippen molar-refractivity contribution in [2.75, 3.05) is 14.2 Å². The van der Waals surface area contributed by atoms with Gasteiger partial charge in [-0.25, -0.2) is 0 Å². The third-order valence-electron chi connectivity index (χ3n) is 17.4. The molecule has 1 aliphatic heterocycles. The van der Waals surface area contributed by atoms with Gasteiger partial charge in [-0.2, -0.15) is 0 Å². The lowest BCUT2D eigenvalue weighted by molar-refractivity contribution is -0.119. The fourth-order valence-corrected chi connectivity index (χ4v) is 17.6. The molecular weight excluding hydrogens is 1000 g/mol. The zero-order valence-corrected chi connectivity index (χ0v) is 49.5. The lowest BCUT2D eigenvalue weighted by Gasteiger charge is -2.43.